The second kappa shape index (κ2) is 7.51. The Hall–Kier alpha value is -1.01. The van der Waals surface area contributed by atoms with Gasteiger partial charge in [0.25, 0.3) is 5.56 Å². The highest BCUT2D eigenvalue weighted by molar-refractivity contribution is 5.77. The Balaban J connectivity index is 0.00000242. The van der Waals surface area contributed by atoms with Crippen LogP contribution in [0, 0.1) is 0 Å². The number of halogens is 1. The Morgan fingerprint density at radius 1 is 1.27 bits per heavy atom. The van der Waals surface area contributed by atoms with Crippen LogP contribution in [-0.2, 0) is 6.54 Å². The van der Waals surface area contributed by atoms with Gasteiger partial charge in [-0.2, -0.15) is 0 Å². The van der Waals surface area contributed by atoms with Crippen molar-refractivity contribution >= 4 is 11.0 Å². The van der Waals surface area contributed by atoms with Crippen LogP contribution in [-0.4, -0.2) is 74.2 Å². The van der Waals surface area contributed by atoms with Crippen LogP contribution in [0.5, 0.6) is 0 Å². The van der Waals surface area contributed by atoms with E-state index in [1.807, 2.05) is 14.1 Å². The van der Waals surface area contributed by atoms with Crippen LogP contribution in [0.15, 0.2) is 17.3 Å². The maximum absolute atomic E-state index is 11.7. The third kappa shape index (κ3) is 3.66. The van der Waals surface area contributed by atoms with Crippen molar-refractivity contribution in [3.63, 3.8) is 0 Å². The highest BCUT2D eigenvalue weighted by Gasteiger charge is 2.34. The fourth-order valence-electron chi connectivity index (χ4n) is 2.61. The summed E-state index contributed by atoms with van der Waals surface area (Å²) in [7, 11) is 3.68. The van der Waals surface area contributed by atoms with E-state index >= 15 is 0 Å². The third-order valence-corrected chi connectivity index (χ3v) is 3.84. The standard InChI is InChI=1S/C13H20N4O4.HI/c1-17(2,9(5-18)10(20)6-19)4-8-3-14-12-11(8)15-7-16-13(12)21;/h3,7,9-10,18-20H,4-6H2,1-2H3,(H-,14,15,16,21);1H. The number of aromatic amines is 2. The lowest BCUT2D eigenvalue weighted by molar-refractivity contribution is -0.931. The molecule has 0 aliphatic heterocycles. The molecule has 2 aromatic heterocycles. The van der Waals surface area contributed by atoms with Gasteiger partial charge in [0.1, 0.15) is 29.7 Å². The van der Waals surface area contributed by atoms with Crippen molar-refractivity contribution in [2.45, 2.75) is 18.7 Å². The summed E-state index contributed by atoms with van der Waals surface area (Å²) in [5.41, 5.74) is 1.53. The van der Waals surface area contributed by atoms with Crippen LogP contribution in [0.4, 0.5) is 0 Å². The minimum Gasteiger partial charge on any atom is -1.00 e. The van der Waals surface area contributed by atoms with Crippen molar-refractivity contribution in [1.29, 1.82) is 0 Å². The average Bonchev–Trinajstić information content (AvgIpc) is 2.83. The van der Waals surface area contributed by atoms with Crippen molar-refractivity contribution in [2.24, 2.45) is 0 Å². The molecular weight excluding hydrogens is 403 g/mol. The highest BCUT2D eigenvalue weighted by Crippen LogP contribution is 2.20. The molecule has 22 heavy (non-hydrogen) atoms. The summed E-state index contributed by atoms with van der Waals surface area (Å²) >= 11 is 0. The molecular formula is C13H21IN4O4. The van der Waals surface area contributed by atoms with Crippen LogP contribution < -0.4 is 29.5 Å². The molecule has 124 valence electrons. The zero-order chi connectivity index (χ0) is 15.6. The van der Waals surface area contributed by atoms with Crippen LogP contribution in [0.2, 0.25) is 0 Å². The SMILES string of the molecule is C[N+](C)(Cc1c[nH]c2c(=O)[nH]cnc12)C(CO)C(O)CO.[I-]. The molecule has 2 rings (SSSR count). The number of fused-ring (bicyclic) bond motifs is 1. The number of aliphatic hydroxyl groups is 3. The minimum atomic E-state index is -1.02. The third-order valence-electron chi connectivity index (χ3n) is 3.84. The number of aromatic nitrogens is 3. The van der Waals surface area contributed by atoms with Crippen molar-refractivity contribution in [3.8, 4) is 0 Å². The van der Waals surface area contributed by atoms with E-state index in [1.165, 1.54) is 6.33 Å². The molecule has 5 N–H and O–H groups in total. The van der Waals surface area contributed by atoms with Gasteiger partial charge in [0.15, 0.2) is 0 Å². The summed E-state index contributed by atoms with van der Waals surface area (Å²) in [5.74, 6) is 0. The molecule has 0 saturated carbocycles. The van der Waals surface area contributed by atoms with Gasteiger partial charge in [-0.15, -0.1) is 0 Å². The maximum Gasteiger partial charge on any atom is 0.275 e. The van der Waals surface area contributed by atoms with Gasteiger partial charge >= 0.3 is 0 Å². The molecule has 0 radical (unpaired) electrons. The van der Waals surface area contributed by atoms with Crippen LogP contribution >= 0.6 is 0 Å². The second-order valence-electron chi connectivity index (χ2n) is 5.71. The molecule has 0 aliphatic carbocycles. The molecule has 0 aromatic carbocycles. The zero-order valence-electron chi connectivity index (χ0n) is 12.5. The predicted octanol–water partition coefficient (Wildman–Crippen LogP) is -4.45. The molecule has 0 amide bonds. The van der Waals surface area contributed by atoms with Gasteiger partial charge in [-0.1, -0.05) is 0 Å². The first kappa shape index (κ1) is 19.0. The van der Waals surface area contributed by atoms with Crippen molar-refractivity contribution in [2.75, 3.05) is 27.3 Å². The largest absolute Gasteiger partial charge is 1.00 e. The van der Waals surface area contributed by atoms with E-state index in [4.69, 9.17) is 5.11 Å². The topological polar surface area (TPSA) is 122 Å². The van der Waals surface area contributed by atoms with E-state index in [1.54, 1.807) is 6.20 Å². The molecule has 0 bridgehead atoms. The van der Waals surface area contributed by atoms with Gasteiger partial charge in [0, 0.05) is 6.20 Å². The summed E-state index contributed by atoms with van der Waals surface area (Å²) in [6.45, 7) is -0.234. The molecule has 2 heterocycles. The van der Waals surface area contributed by atoms with Crippen LogP contribution in [0.3, 0.4) is 0 Å². The first-order chi connectivity index (χ1) is 9.90. The van der Waals surface area contributed by atoms with E-state index in [-0.39, 0.29) is 40.6 Å². The molecule has 9 heteroatoms. The summed E-state index contributed by atoms with van der Waals surface area (Å²) < 4.78 is 0.250. The number of nitrogens with zero attached hydrogens (tertiary/aromatic N) is 2. The molecule has 8 nitrogen and oxygen atoms in total. The Morgan fingerprint density at radius 2 is 1.95 bits per heavy atom. The Bertz CT molecular complexity index is 669. The van der Waals surface area contributed by atoms with Crippen LogP contribution in [0.1, 0.15) is 5.56 Å². The van der Waals surface area contributed by atoms with Gasteiger partial charge in [-0.25, -0.2) is 4.98 Å². The summed E-state index contributed by atoms with van der Waals surface area (Å²) in [6.07, 6.45) is 2.02. The fraction of sp³-hybridized carbons (Fsp3) is 0.538. The highest BCUT2D eigenvalue weighted by atomic mass is 127. The Labute approximate surface area is 144 Å². The van der Waals surface area contributed by atoms with E-state index in [0.717, 1.165) is 5.56 Å². The average molecular weight is 424 g/mol. The number of quaternary nitrogens is 1. The van der Waals surface area contributed by atoms with Crippen LogP contribution in [0.25, 0.3) is 11.0 Å². The summed E-state index contributed by atoms with van der Waals surface area (Å²) in [6, 6.07) is -0.540. The molecule has 2 aromatic rings. The first-order valence-electron chi connectivity index (χ1n) is 6.66. The smallest absolute Gasteiger partial charge is 0.275 e. The molecule has 2 unspecified atom stereocenters. The normalized spacial score (nSPS) is 14.6. The van der Waals surface area contributed by atoms with E-state index in [0.29, 0.717) is 17.6 Å². The minimum absolute atomic E-state index is 0. The predicted molar refractivity (Wildman–Crippen MR) is 76.5 cm³/mol. The zero-order valence-corrected chi connectivity index (χ0v) is 14.6. The van der Waals surface area contributed by atoms with Gasteiger partial charge in [0.2, 0.25) is 0 Å². The molecule has 0 fully saturated rings. The second-order valence-corrected chi connectivity index (χ2v) is 5.71. The van der Waals surface area contributed by atoms with Gasteiger partial charge in [-0.05, 0) is 0 Å². The quantitative estimate of drug-likeness (QED) is 0.237. The number of likely N-dealkylation sites (N-methyl/N-ethyl adjacent to an activating group) is 1. The number of nitrogens with one attached hydrogen (secondary N) is 2. The lowest BCUT2D eigenvalue weighted by atomic mass is 10.1. The van der Waals surface area contributed by atoms with Crippen molar-refractivity contribution in [1.82, 2.24) is 15.0 Å². The molecule has 0 spiro atoms. The number of hydrogen-bond acceptors (Lipinski definition) is 5. The van der Waals surface area contributed by atoms with E-state index < -0.39 is 18.8 Å². The molecule has 0 saturated heterocycles. The Kier molecular flexibility index (Phi) is 6.50. The summed E-state index contributed by atoms with van der Waals surface area (Å²) in [4.78, 5) is 21.2. The number of H-pyrrole nitrogens is 2. The molecule has 2 atom stereocenters. The van der Waals surface area contributed by atoms with E-state index in [9.17, 15) is 15.0 Å². The Morgan fingerprint density at radius 3 is 2.55 bits per heavy atom. The lowest BCUT2D eigenvalue weighted by Crippen LogP contribution is -3.00. The van der Waals surface area contributed by atoms with Crippen molar-refractivity contribution in [3.05, 3.63) is 28.4 Å². The van der Waals surface area contributed by atoms with Crippen molar-refractivity contribution < 1.29 is 43.8 Å². The number of rotatable bonds is 6. The number of aliphatic hydroxyl groups excluding tert-OH is 3. The van der Waals surface area contributed by atoms with E-state index in [2.05, 4.69) is 15.0 Å². The van der Waals surface area contributed by atoms with Gasteiger partial charge < -0.3 is 53.7 Å². The van der Waals surface area contributed by atoms with Gasteiger partial charge in [0.05, 0.1) is 39.2 Å². The maximum atomic E-state index is 11.7. The monoisotopic (exact) mass is 424 g/mol. The molecule has 0 aliphatic rings. The lowest BCUT2D eigenvalue weighted by Gasteiger charge is -2.38. The summed E-state index contributed by atoms with van der Waals surface area (Å²) in [5, 5.41) is 28.4. The fourth-order valence-corrected chi connectivity index (χ4v) is 2.61. The number of hydrogen-bond donors (Lipinski definition) is 5. The first-order valence-corrected chi connectivity index (χ1v) is 6.66. The van der Waals surface area contributed by atoms with Gasteiger partial charge in [-0.3, -0.25) is 4.79 Å².